The van der Waals surface area contributed by atoms with Crippen molar-refractivity contribution in [1.82, 2.24) is 14.5 Å². The van der Waals surface area contributed by atoms with Crippen LogP contribution in [0.1, 0.15) is 0 Å². The summed E-state index contributed by atoms with van der Waals surface area (Å²) in [6.45, 7) is 0. The first-order valence-electron chi connectivity index (χ1n) is 5.05. The third-order valence-corrected chi connectivity index (χ3v) is 4.11. The van der Waals surface area contributed by atoms with Gasteiger partial charge in [0.1, 0.15) is 0 Å². The highest BCUT2D eigenvalue weighted by atomic mass is 32.2. The van der Waals surface area contributed by atoms with Gasteiger partial charge in [-0.05, 0) is 0 Å². The van der Waals surface area contributed by atoms with Gasteiger partial charge < -0.3 is 0 Å². The molecule has 1 aromatic heterocycles. The van der Waals surface area contributed by atoms with Crippen LogP contribution in [0.3, 0.4) is 0 Å². The average molecular weight is 251 g/mol. The van der Waals surface area contributed by atoms with Gasteiger partial charge in [-0.1, -0.05) is 30.3 Å². The second-order valence-corrected chi connectivity index (χ2v) is 5.89. The van der Waals surface area contributed by atoms with Gasteiger partial charge in [0.25, 0.3) is 10.0 Å². The maximum absolute atomic E-state index is 11.8. The van der Waals surface area contributed by atoms with Crippen LogP contribution in [0.15, 0.2) is 41.4 Å². The van der Waals surface area contributed by atoms with E-state index in [2.05, 4.69) is 10.2 Å². The number of sulfonamides is 1. The summed E-state index contributed by atoms with van der Waals surface area (Å²) >= 11 is 0. The van der Waals surface area contributed by atoms with E-state index in [1.807, 2.05) is 30.3 Å². The molecule has 1 aromatic carbocycles. The van der Waals surface area contributed by atoms with Crippen LogP contribution in [0.2, 0.25) is 0 Å². The Morgan fingerprint density at radius 2 is 1.82 bits per heavy atom. The molecule has 0 saturated carbocycles. The molecule has 1 heterocycles. The van der Waals surface area contributed by atoms with Gasteiger partial charge in [0.2, 0.25) is 0 Å². The molecule has 0 spiro atoms. The van der Waals surface area contributed by atoms with E-state index in [0.717, 1.165) is 9.87 Å². The second kappa shape index (κ2) is 4.31. The second-order valence-electron chi connectivity index (χ2n) is 3.77. The minimum atomic E-state index is -3.45. The summed E-state index contributed by atoms with van der Waals surface area (Å²) in [5.41, 5.74) is 1.50. The van der Waals surface area contributed by atoms with Crippen LogP contribution in [0.25, 0.3) is 11.3 Å². The van der Waals surface area contributed by atoms with Crippen LogP contribution in [0.5, 0.6) is 0 Å². The van der Waals surface area contributed by atoms with Crippen molar-refractivity contribution in [2.24, 2.45) is 0 Å². The molecular weight excluding hydrogens is 238 g/mol. The Bertz CT molecular complexity index is 603. The van der Waals surface area contributed by atoms with Gasteiger partial charge in [0.15, 0.2) is 5.03 Å². The van der Waals surface area contributed by atoms with E-state index in [1.165, 1.54) is 20.2 Å². The molecule has 90 valence electrons. The molecule has 17 heavy (non-hydrogen) atoms. The molecule has 6 heteroatoms. The van der Waals surface area contributed by atoms with Crippen LogP contribution in [-0.4, -0.2) is 37.0 Å². The van der Waals surface area contributed by atoms with Gasteiger partial charge >= 0.3 is 0 Å². The van der Waals surface area contributed by atoms with Crippen molar-refractivity contribution in [2.45, 2.75) is 5.03 Å². The van der Waals surface area contributed by atoms with Crippen molar-refractivity contribution in [3.8, 4) is 11.3 Å². The van der Waals surface area contributed by atoms with Crippen LogP contribution < -0.4 is 0 Å². The number of aromatic nitrogens is 2. The first-order valence-corrected chi connectivity index (χ1v) is 6.49. The Morgan fingerprint density at radius 3 is 2.41 bits per heavy atom. The van der Waals surface area contributed by atoms with E-state index in [4.69, 9.17) is 0 Å². The molecule has 2 rings (SSSR count). The fraction of sp³-hybridized carbons (Fsp3) is 0.182. The Balaban J connectivity index is 2.42. The van der Waals surface area contributed by atoms with Crippen LogP contribution in [-0.2, 0) is 10.0 Å². The average Bonchev–Trinajstić information content (AvgIpc) is 2.80. The number of nitrogens with one attached hydrogen (secondary N) is 1. The van der Waals surface area contributed by atoms with E-state index in [0.29, 0.717) is 5.69 Å². The molecular formula is C11H13N3O2S. The number of rotatable bonds is 3. The number of aromatic amines is 1. The third-order valence-electron chi connectivity index (χ3n) is 2.38. The van der Waals surface area contributed by atoms with Gasteiger partial charge in [-0.2, -0.15) is 5.10 Å². The van der Waals surface area contributed by atoms with E-state index in [1.54, 1.807) is 0 Å². The number of hydrogen-bond acceptors (Lipinski definition) is 3. The van der Waals surface area contributed by atoms with Crippen molar-refractivity contribution in [2.75, 3.05) is 14.1 Å². The molecule has 2 aromatic rings. The topological polar surface area (TPSA) is 66.1 Å². The monoisotopic (exact) mass is 251 g/mol. The minimum absolute atomic E-state index is 0.0985. The van der Waals surface area contributed by atoms with E-state index < -0.39 is 10.0 Å². The number of H-pyrrole nitrogens is 1. The summed E-state index contributed by atoms with van der Waals surface area (Å²) in [5.74, 6) is 0. The highest BCUT2D eigenvalue weighted by Crippen LogP contribution is 2.20. The maximum atomic E-state index is 11.8. The molecule has 0 radical (unpaired) electrons. The quantitative estimate of drug-likeness (QED) is 0.894. The predicted octanol–water partition coefficient (Wildman–Crippen LogP) is 1.33. The lowest BCUT2D eigenvalue weighted by Crippen LogP contribution is -2.22. The molecule has 1 N–H and O–H groups in total. The molecule has 5 nitrogen and oxygen atoms in total. The molecule has 0 atom stereocenters. The summed E-state index contributed by atoms with van der Waals surface area (Å²) in [5, 5.41) is 6.65. The zero-order valence-corrected chi connectivity index (χ0v) is 10.4. The predicted molar refractivity (Wildman–Crippen MR) is 64.9 cm³/mol. The lowest BCUT2D eigenvalue weighted by Gasteiger charge is -2.07. The van der Waals surface area contributed by atoms with Crippen LogP contribution >= 0.6 is 0 Å². The summed E-state index contributed by atoms with van der Waals surface area (Å²) in [6.07, 6.45) is 0. The molecule has 0 unspecified atom stereocenters. The SMILES string of the molecule is CN(C)S(=O)(=O)c1cc(-c2ccccc2)n[nH]1. The van der Waals surface area contributed by atoms with Crippen molar-refractivity contribution in [3.05, 3.63) is 36.4 Å². The van der Waals surface area contributed by atoms with Crippen molar-refractivity contribution in [1.29, 1.82) is 0 Å². The molecule has 0 amide bonds. The summed E-state index contributed by atoms with van der Waals surface area (Å²) in [6, 6.07) is 10.9. The zero-order valence-electron chi connectivity index (χ0n) is 9.58. The van der Waals surface area contributed by atoms with Gasteiger partial charge in [-0.15, -0.1) is 0 Å². The minimum Gasteiger partial charge on any atom is -0.266 e. The summed E-state index contributed by atoms with van der Waals surface area (Å²) < 4.78 is 24.8. The number of hydrogen-bond donors (Lipinski definition) is 1. The first-order chi connectivity index (χ1) is 8.01. The van der Waals surface area contributed by atoms with Gasteiger partial charge in [0, 0.05) is 25.7 Å². The molecule has 0 aliphatic rings. The smallest absolute Gasteiger partial charge is 0.259 e. The summed E-state index contributed by atoms with van der Waals surface area (Å²) in [4.78, 5) is 0. The van der Waals surface area contributed by atoms with Crippen LogP contribution in [0.4, 0.5) is 0 Å². The van der Waals surface area contributed by atoms with E-state index in [9.17, 15) is 8.42 Å². The summed E-state index contributed by atoms with van der Waals surface area (Å²) in [7, 11) is -0.480. The van der Waals surface area contributed by atoms with E-state index in [-0.39, 0.29) is 5.03 Å². The Kier molecular flexibility index (Phi) is 2.99. The van der Waals surface area contributed by atoms with Crippen molar-refractivity contribution in [3.63, 3.8) is 0 Å². The zero-order chi connectivity index (χ0) is 12.5. The maximum Gasteiger partial charge on any atom is 0.259 e. The highest BCUT2D eigenvalue weighted by Gasteiger charge is 2.20. The van der Waals surface area contributed by atoms with Gasteiger partial charge in [-0.3, -0.25) is 5.10 Å². The third kappa shape index (κ3) is 2.22. The Morgan fingerprint density at radius 1 is 1.18 bits per heavy atom. The molecule has 0 fully saturated rings. The molecule has 0 bridgehead atoms. The Hall–Kier alpha value is -1.66. The molecule has 0 saturated heterocycles. The Labute approximate surface area is 100 Å². The first kappa shape index (κ1) is 11.8. The number of nitrogens with zero attached hydrogens (tertiary/aromatic N) is 2. The van der Waals surface area contributed by atoms with Gasteiger partial charge in [-0.25, -0.2) is 12.7 Å². The molecule has 0 aliphatic heterocycles. The van der Waals surface area contributed by atoms with Gasteiger partial charge in [0.05, 0.1) is 5.69 Å². The number of benzene rings is 1. The van der Waals surface area contributed by atoms with E-state index >= 15 is 0 Å². The largest absolute Gasteiger partial charge is 0.266 e. The lowest BCUT2D eigenvalue weighted by atomic mass is 10.2. The van der Waals surface area contributed by atoms with Crippen LogP contribution in [0, 0.1) is 0 Å². The van der Waals surface area contributed by atoms with Crippen molar-refractivity contribution < 1.29 is 8.42 Å². The highest BCUT2D eigenvalue weighted by molar-refractivity contribution is 7.89. The standard InChI is InChI=1S/C11H13N3O2S/c1-14(2)17(15,16)11-8-10(12-13-11)9-6-4-3-5-7-9/h3-8H,1-2H3,(H,12,13). The lowest BCUT2D eigenvalue weighted by molar-refractivity contribution is 0.516. The normalized spacial score (nSPS) is 11.9. The molecule has 0 aliphatic carbocycles. The van der Waals surface area contributed by atoms with Crippen molar-refractivity contribution >= 4 is 10.0 Å². The fourth-order valence-corrected chi connectivity index (χ4v) is 2.20. The fourth-order valence-electron chi connectivity index (χ4n) is 1.39.